The summed E-state index contributed by atoms with van der Waals surface area (Å²) in [7, 11) is 1.63. The maximum absolute atomic E-state index is 11.9. The van der Waals surface area contributed by atoms with Gasteiger partial charge in [-0.05, 0) is 40.0 Å². The second-order valence-electron chi connectivity index (χ2n) is 4.82. The van der Waals surface area contributed by atoms with Crippen LogP contribution < -0.4 is 4.74 Å². The molecule has 0 radical (unpaired) electrons. The van der Waals surface area contributed by atoms with E-state index in [0.717, 1.165) is 22.2 Å². The number of hydrogen-bond donors (Lipinski definition) is 1. The number of aliphatic hydroxyl groups excluding tert-OH is 1. The normalized spacial score (nSPS) is 15.2. The molecule has 1 aliphatic heterocycles. The molecule has 4 nitrogen and oxygen atoms in total. The van der Waals surface area contributed by atoms with E-state index in [2.05, 4.69) is 15.9 Å². The number of carbonyl (C=O) groups excluding carboxylic acids is 1. The molecule has 0 unspecified atom stereocenters. The van der Waals surface area contributed by atoms with Gasteiger partial charge in [-0.1, -0.05) is 6.07 Å². The van der Waals surface area contributed by atoms with Crippen molar-refractivity contribution in [2.75, 3.05) is 26.8 Å². The van der Waals surface area contributed by atoms with Crippen LogP contribution in [0.15, 0.2) is 22.7 Å². The Morgan fingerprint density at radius 1 is 1.53 bits per heavy atom. The molecule has 1 amide bonds. The van der Waals surface area contributed by atoms with Crippen LogP contribution in [-0.4, -0.2) is 42.7 Å². The van der Waals surface area contributed by atoms with Crippen molar-refractivity contribution in [1.82, 2.24) is 4.90 Å². The van der Waals surface area contributed by atoms with Crippen molar-refractivity contribution < 1.29 is 14.6 Å². The van der Waals surface area contributed by atoms with Gasteiger partial charge >= 0.3 is 0 Å². The summed E-state index contributed by atoms with van der Waals surface area (Å²) >= 11 is 3.44. The summed E-state index contributed by atoms with van der Waals surface area (Å²) < 4.78 is 6.08. The quantitative estimate of drug-likeness (QED) is 0.897. The Bertz CT molecular complexity index is 458. The number of aliphatic hydroxyl groups is 1. The molecule has 5 heteroatoms. The number of amides is 1. The minimum Gasteiger partial charge on any atom is -0.496 e. The summed E-state index contributed by atoms with van der Waals surface area (Å²) in [5.41, 5.74) is 1.11. The van der Waals surface area contributed by atoms with E-state index in [-0.39, 0.29) is 18.4 Å². The fourth-order valence-corrected chi connectivity index (χ4v) is 2.75. The molecule has 19 heavy (non-hydrogen) atoms. The first-order valence-corrected chi connectivity index (χ1v) is 7.14. The smallest absolute Gasteiger partial charge is 0.222 e. The molecule has 1 aromatic carbocycles. The third kappa shape index (κ3) is 3.48. The van der Waals surface area contributed by atoms with Gasteiger partial charge in [-0.3, -0.25) is 4.79 Å². The van der Waals surface area contributed by atoms with Gasteiger partial charge in [-0.15, -0.1) is 0 Å². The van der Waals surface area contributed by atoms with Gasteiger partial charge in [0.2, 0.25) is 5.91 Å². The van der Waals surface area contributed by atoms with Gasteiger partial charge in [0.05, 0.1) is 11.6 Å². The highest BCUT2D eigenvalue weighted by atomic mass is 79.9. The molecule has 1 N–H and O–H groups in total. The monoisotopic (exact) mass is 327 g/mol. The molecule has 0 saturated carbocycles. The third-order valence-corrected chi connectivity index (χ3v) is 4.03. The molecule has 1 saturated heterocycles. The van der Waals surface area contributed by atoms with Crippen LogP contribution in [0.3, 0.4) is 0 Å². The number of nitrogens with zero attached hydrogens (tertiary/aromatic N) is 1. The van der Waals surface area contributed by atoms with E-state index in [1.54, 1.807) is 12.0 Å². The summed E-state index contributed by atoms with van der Waals surface area (Å²) in [5.74, 6) is 1.24. The maximum atomic E-state index is 11.9. The lowest BCUT2D eigenvalue weighted by Crippen LogP contribution is -2.51. The minimum absolute atomic E-state index is 0.164. The average molecular weight is 328 g/mol. The van der Waals surface area contributed by atoms with Gasteiger partial charge in [0.15, 0.2) is 0 Å². The van der Waals surface area contributed by atoms with Crippen LogP contribution in [0.25, 0.3) is 0 Å². The van der Waals surface area contributed by atoms with Crippen molar-refractivity contribution in [2.24, 2.45) is 5.92 Å². The molecule has 0 aliphatic carbocycles. The molecule has 1 fully saturated rings. The Kier molecular flexibility index (Phi) is 4.82. The van der Waals surface area contributed by atoms with Crippen molar-refractivity contribution in [3.05, 3.63) is 28.2 Å². The molecule has 0 spiro atoms. The van der Waals surface area contributed by atoms with Crippen LogP contribution in [0.5, 0.6) is 5.75 Å². The third-order valence-electron chi connectivity index (χ3n) is 3.41. The molecular weight excluding hydrogens is 310 g/mol. The average Bonchev–Trinajstić information content (AvgIpc) is 2.35. The van der Waals surface area contributed by atoms with E-state index in [1.807, 2.05) is 18.2 Å². The molecule has 104 valence electrons. The molecule has 1 aliphatic rings. The molecule has 2 rings (SSSR count). The van der Waals surface area contributed by atoms with E-state index in [4.69, 9.17) is 9.84 Å². The highest BCUT2D eigenvalue weighted by Gasteiger charge is 2.29. The zero-order valence-corrected chi connectivity index (χ0v) is 12.5. The SMILES string of the molecule is COc1ccc(CCC(=O)N2CC(CO)C2)cc1Br. The van der Waals surface area contributed by atoms with Crippen molar-refractivity contribution in [3.63, 3.8) is 0 Å². The predicted octanol–water partition coefficient (Wildman–Crippen LogP) is 1.84. The molecule has 0 bridgehead atoms. The van der Waals surface area contributed by atoms with Crippen molar-refractivity contribution >= 4 is 21.8 Å². The van der Waals surface area contributed by atoms with Crippen molar-refractivity contribution in [1.29, 1.82) is 0 Å². The number of benzene rings is 1. The summed E-state index contributed by atoms with van der Waals surface area (Å²) in [4.78, 5) is 13.7. The summed E-state index contributed by atoms with van der Waals surface area (Å²) in [6.07, 6.45) is 1.23. The van der Waals surface area contributed by atoms with E-state index in [1.165, 1.54) is 0 Å². The first kappa shape index (κ1) is 14.3. The van der Waals surface area contributed by atoms with Crippen LogP contribution in [0.2, 0.25) is 0 Å². The standard InChI is InChI=1S/C14H18BrNO3/c1-19-13-4-2-10(6-12(13)15)3-5-14(18)16-7-11(8-16)9-17/h2,4,6,11,17H,3,5,7-9H2,1H3. The van der Waals surface area contributed by atoms with Gasteiger partial charge in [0.25, 0.3) is 0 Å². The molecule has 0 atom stereocenters. The van der Waals surface area contributed by atoms with Crippen LogP contribution in [0.4, 0.5) is 0 Å². The predicted molar refractivity (Wildman–Crippen MR) is 76.2 cm³/mol. The second-order valence-corrected chi connectivity index (χ2v) is 5.67. The minimum atomic E-state index is 0.164. The largest absolute Gasteiger partial charge is 0.496 e. The highest BCUT2D eigenvalue weighted by molar-refractivity contribution is 9.10. The lowest BCUT2D eigenvalue weighted by molar-refractivity contribution is -0.138. The molecular formula is C14H18BrNO3. The Labute approximate surface area is 121 Å². The first-order valence-electron chi connectivity index (χ1n) is 6.35. The Hall–Kier alpha value is -1.07. The van der Waals surface area contributed by atoms with Crippen molar-refractivity contribution in [2.45, 2.75) is 12.8 Å². The van der Waals surface area contributed by atoms with Gasteiger partial charge in [-0.25, -0.2) is 0 Å². The van der Waals surface area contributed by atoms with E-state index >= 15 is 0 Å². The maximum Gasteiger partial charge on any atom is 0.222 e. The number of rotatable bonds is 5. The van der Waals surface area contributed by atoms with Gasteiger partial charge in [0.1, 0.15) is 5.75 Å². The summed E-state index contributed by atoms with van der Waals surface area (Å²) in [5, 5.41) is 8.92. The van der Waals surface area contributed by atoms with Crippen LogP contribution in [0.1, 0.15) is 12.0 Å². The molecule has 0 aromatic heterocycles. The Morgan fingerprint density at radius 3 is 2.84 bits per heavy atom. The van der Waals surface area contributed by atoms with Crippen LogP contribution in [0, 0.1) is 5.92 Å². The fraction of sp³-hybridized carbons (Fsp3) is 0.500. The number of halogens is 1. The zero-order chi connectivity index (χ0) is 13.8. The number of methoxy groups -OCH3 is 1. The number of likely N-dealkylation sites (tertiary alicyclic amines) is 1. The van der Waals surface area contributed by atoms with E-state index in [0.29, 0.717) is 19.5 Å². The first-order chi connectivity index (χ1) is 9.13. The van der Waals surface area contributed by atoms with Gasteiger partial charge in [0, 0.05) is 32.0 Å². The molecule has 1 heterocycles. The van der Waals surface area contributed by atoms with Crippen LogP contribution >= 0.6 is 15.9 Å². The van der Waals surface area contributed by atoms with Crippen molar-refractivity contribution in [3.8, 4) is 5.75 Å². The number of carbonyl (C=O) groups is 1. The Morgan fingerprint density at radius 2 is 2.26 bits per heavy atom. The fourth-order valence-electron chi connectivity index (χ4n) is 2.16. The summed E-state index contributed by atoms with van der Waals surface area (Å²) in [6.45, 7) is 1.57. The lowest BCUT2D eigenvalue weighted by Gasteiger charge is -2.38. The Balaban J connectivity index is 1.82. The second kappa shape index (κ2) is 6.39. The lowest BCUT2D eigenvalue weighted by atomic mass is 10.00. The van der Waals surface area contributed by atoms with E-state index < -0.39 is 0 Å². The van der Waals surface area contributed by atoms with Gasteiger partial charge < -0.3 is 14.7 Å². The van der Waals surface area contributed by atoms with Crippen LogP contribution in [-0.2, 0) is 11.2 Å². The van der Waals surface area contributed by atoms with Gasteiger partial charge in [-0.2, -0.15) is 0 Å². The highest BCUT2D eigenvalue weighted by Crippen LogP contribution is 2.26. The topological polar surface area (TPSA) is 49.8 Å². The summed E-state index contributed by atoms with van der Waals surface area (Å²) in [6, 6.07) is 5.86. The number of ether oxygens (including phenoxy) is 1. The molecule has 1 aromatic rings. The number of aryl methyl sites for hydroxylation is 1. The zero-order valence-electron chi connectivity index (χ0n) is 10.9. The van der Waals surface area contributed by atoms with E-state index in [9.17, 15) is 4.79 Å². The number of hydrogen-bond acceptors (Lipinski definition) is 3.